The van der Waals surface area contributed by atoms with Crippen LogP contribution in [0.5, 0.6) is 0 Å². The molecule has 0 amide bonds. The van der Waals surface area contributed by atoms with Crippen LogP contribution in [0, 0.1) is 12.8 Å². The average molecular weight is 339 g/mol. The maximum Gasteiger partial charge on any atom is 0.0586 e. The third-order valence-electron chi connectivity index (χ3n) is 4.90. The van der Waals surface area contributed by atoms with E-state index in [1.165, 1.54) is 22.0 Å². The lowest BCUT2D eigenvalue weighted by atomic mass is 9.91. The van der Waals surface area contributed by atoms with Gasteiger partial charge in [-0.2, -0.15) is 0 Å². The molecule has 25 heavy (non-hydrogen) atoms. The molecule has 2 unspecified atom stereocenters. The first-order chi connectivity index (χ1) is 12.1. The van der Waals surface area contributed by atoms with Gasteiger partial charge >= 0.3 is 0 Å². The number of aromatic nitrogens is 1. The van der Waals surface area contributed by atoms with Crippen LogP contribution in [0.15, 0.2) is 54.3 Å². The highest BCUT2D eigenvalue weighted by Gasteiger charge is 2.23. The van der Waals surface area contributed by atoms with Gasteiger partial charge in [-0.1, -0.05) is 57.6 Å². The van der Waals surface area contributed by atoms with Crippen molar-refractivity contribution < 1.29 is 0 Å². The molecule has 1 aromatic heterocycles. The third-order valence-corrected chi connectivity index (χ3v) is 4.90. The molecule has 0 radical (unpaired) electrons. The van der Waals surface area contributed by atoms with Gasteiger partial charge in [0.1, 0.15) is 0 Å². The van der Waals surface area contributed by atoms with Crippen LogP contribution in [0.1, 0.15) is 52.1 Å². The minimum atomic E-state index is 0.380. The summed E-state index contributed by atoms with van der Waals surface area (Å²) in [5.41, 5.74) is 4.14. The van der Waals surface area contributed by atoms with Gasteiger partial charge < -0.3 is 9.88 Å². The van der Waals surface area contributed by atoms with E-state index in [0.717, 1.165) is 25.9 Å². The molecule has 1 aromatic carbocycles. The molecule has 2 aromatic rings. The zero-order valence-electron chi connectivity index (χ0n) is 16.5. The van der Waals surface area contributed by atoms with E-state index in [1.54, 1.807) is 0 Å². The molecule has 2 rings (SSSR count). The molecule has 0 aliphatic rings. The number of hydrogen-bond acceptors (Lipinski definition) is 1. The fourth-order valence-corrected chi connectivity index (χ4v) is 3.58. The summed E-state index contributed by atoms with van der Waals surface area (Å²) in [6, 6.07) is 9.41. The van der Waals surface area contributed by atoms with E-state index < -0.39 is 0 Å². The first kappa shape index (κ1) is 19.5. The summed E-state index contributed by atoms with van der Waals surface area (Å²) in [4.78, 5) is 0. The number of allylic oxidation sites excluding steroid dienone is 4. The Morgan fingerprint density at radius 2 is 2.00 bits per heavy atom. The first-order valence-corrected chi connectivity index (χ1v) is 9.75. The van der Waals surface area contributed by atoms with E-state index in [2.05, 4.69) is 93.2 Å². The lowest BCUT2D eigenvalue weighted by molar-refractivity contribution is 0.383. The number of hydrogen-bond donors (Lipinski definition) is 1. The third kappa shape index (κ3) is 4.85. The van der Waals surface area contributed by atoms with Crippen molar-refractivity contribution in [1.82, 2.24) is 9.88 Å². The van der Waals surface area contributed by atoms with Gasteiger partial charge in [0.25, 0.3) is 0 Å². The molecule has 0 saturated carbocycles. The normalized spacial score (nSPS) is 15.2. The zero-order valence-corrected chi connectivity index (χ0v) is 16.5. The Kier molecular flexibility index (Phi) is 7.52. The predicted molar refractivity (Wildman–Crippen MR) is 111 cm³/mol. The molecule has 0 bridgehead atoms. The molecule has 2 nitrogen and oxygen atoms in total. The molecule has 1 N–H and O–H groups in total. The lowest BCUT2D eigenvalue weighted by Gasteiger charge is -2.29. The molecule has 136 valence electrons. The average Bonchev–Trinajstić information content (AvgIpc) is 3.01. The molecule has 2 atom stereocenters. The minimum absolute atomic E-state index is 0.380. The highest BCUT2D eigenvalue weighted by atomic mass is 15.0. The summed E-state index contributed by atoms with van der Waals surface area (Å²) in [6.07, 6.45) is 11.2. The number of fused-ring (bicyclic) bond motifs is 1. The van der Waals surface area contributed by atoms with Crippen molar-refractivity contribution in [3.8, 4) is 0 Å². The van der Waals surface area contributed by atoms with Gasteiger partial charge in [-0.3, -0.25) is 0 Å². The maximum atomic E-state index is 3.54. The number of rotatable bonds is 9. The quantitative estimate of drug-likeness (QED) is 0.552. The minimum Gasteiger partial charge on any atom is -0.340 e. The van der Waals surface area contributed by atoms with E-state index in [-0.39, 0.29) is 0 Å². The van der Waals surface area contributed by atoms with Crippen LogP contribution in [-0.4, -0.2) is 17.7 Å². The molecular weight excluding hydrogens is 304 g/mol. The van der Waals surface area contributed by atoms with Crippen molar-refractivity contribution in [2.75, 3.05) is 13.1 Å². The SMILES string of the molecule is CC/C=C\C=C(/CC)C(C(C)CNCC)n1ccc2cc(C)ccc21. The van der Waals surface area contributed by atoms with Gasteiger partial charge in [0.05, 0.1) is 6.04 Å². The highest BCUT2D eigenvalue weighted by Crippen LogP contribution is 2.33. The van der Waals surface area contributed by atoms with Crippen molar-refractivity contribution >= 4 is 10.9 Å². The first-order valence-electron chi connectivity index (χ1n) is 9.75. The topological polar surface area (TPSA) is 17.0 Å². The van der Waals surface area contributed by atoms with Crippen molar-refractivity contribution in [3.63, 3.8) is 0 Å². The molecule has 2 heteroatoms. The van der Waals surface area contributed by atoms with Crippen LogP contribution < -0.4 is 5.32 Å². The second kappa shape index (κ2) is 9.62. The van der Waals surface area contributed by atoms with Gasteiger partial charge in [-0.05, 0) is 67.9 Å². The van der Waals surface area contributed by atoms with Crippen molar-refractivity contribution in [2.45, 2.75) is 53.5 Å². The Balaban J connectivity index is 2.48. The Morgan fingerprint density at radius 3 is 2.68 bits per heavy atom. The van der Waals surface area contributed by atoms with Gasteiger partial charge in [0.15, 0.2) is 0 Å². The molecule has 0 aliphatic heterocycles. The van der Waals surface area contributed by atoms with Crippen molar-refractivity contribution in [3.05, 3.63) is 59.8 Å². The van der Waals surface area contributed by atoms with Gasteiger partial charge in [-0.15, -0.1) is 0 Å². The number of aryl methyl sites for hydroxylation is 1. The largest absolute Gasteiger partial charge is 0.340 e. The van der Waals surface area contributed by atoms with Crippen LogP contribution >= 0.6 is 0 Å². The Labute approximate surface area is 153 Å². The maximum absolute atomic E-state index is 3.54. The van der Waals surface area contributed by atoms with Crippen LogP contribution in [0.25, 0.3) is 10.9 Å². The molecule has 0 spiro atoms. The van der Waals surface area contributed by atoms with E-state index in [1.807, 2.05) is 0 Å². The monoisotopic (exact) mass is 338 g/mol. The molecule has 0 fully saturated rings. The summed E-state index contributed by atoms with van der Waals surface area (Å²) in [7, 11) is 0. The van der Waals surface area contributed by atoms with Gasteiger partial charge in [0, 0.05) is 11.7 Å². The second-order valence-electron chi connectivity index (χ2n) is 6.95. The van der Waals surface area contributed by atoms with E-state index in [0.29, 0.717) is 12.0 Å². The summed E-state index contributed by atoms with van der Waals surface area (Å²) in [5.74, 6) is 0.526. The summed E-state index contributed by atoms with van der Waals surface area (Å²) in [6.45, 7) is 13.2. The summed E-state index contributed by atoms with van der Waals surface area (Å²) < 4.78 is 2.48. The number of nitrogens with zero attached hydrogens (tertiary/aromatic N) is 1. The van der Waals surface area contributed by atoms with E-state index in [9.17, 15) is 0 Å². The van der Waals surface area contributed by atoms with Crippen LogP contribution in [0.3, 0.4) is 0 Å². The molecule has 0 aliphatic carbocycles. The Bertz CT molecular complexity index is 721. The summed E-state index contributed by atoms with van der Waals surface area (Å²) >= 11 is 0. The van der Waals surface area contributed by atoms with Crippen LogP contribution in [-0.2, 0) is 0 Å². The lowest BCUT2D eigenvalue weighted by Crippen LogP contribution is -2.29. The van der Waals surface area contributed by atoms with E-state index >= 15 is 0 Å². The number of benzene rings is 1. The standard InChI is InChI=1S/C23H34N2/c1-6-9-10-11-20(7-2)23(19(5)17-24-8-3)25-15-14-21-16-18(4)12-13-22(21)25/h9-16,19,23-24H,6-8,17H2,1-5H3/b10-9-,20-11+. The molecular formula is C23H34N2. The Morgan fingerprint density at radius 1 is 1.20 bits per heavy atom. The fourth-order valence-electron chi connectivity index (χ4n) is 3.58. The van der Waals surface area contributed by atoms with Gasteiger partial charge in [0.2, 0.25) is 0 Å². The smallest absolute Gasteiger partial charge is 0.0586 e. The predicted octanol–water partition coefficient (Wildman–Crippen LogP) is 6.04. The van der Waals surface area contributed by atoms with Crippen molar-refractivity contribution in [2.24, 2.45) is 5.92 Å². The molecule has 1 heterocycles. The van der Waals surface area contributed by atoms with Gasteiger partial charge in [-0.25, -0.2) is 0 Å². The van der Waals surface area contributed by atoms with E-state index in [4.69, 9.17) is 0 Å². The highest BCUT2D eigenvalue weighted by molar-refractivity contribution is 5.81. The number of nitrogens with one attached hydrogen (secondary N) is 1. The Hall–Kier alpha value is -1.80. The van der Waals surface area contributed by atoms with Crippen LogP contribution in [0.2, 0.25) is 0 Å². The van der Waals surface area contributed by atoms with Crippen molar-refractivity contribution in [1.29, 1.82) is 0 Å². The summed E-state index contributed by atoms with van der Waals surface area (Å²) in [5, 5.41) is 4.87. The van der Waals surface area contributed by atoms with Crippen LogP contribution in [0.4, 0.5) is 0 Å². The zero-order chi connectivity index (χ0) is 18.2. The fraction of sp³-hybridized carbons (Fsp3) is 0.478. The molecule has 0 saturated heterocycles. The second-order valence-corrected chi connectivity index (χ2v) is 6.95.